The zero-order chi connectivity index (χ0) is 15.4. The third-order valence-corrected chi connectivity index (χ3v) is 4.74. The van der Waals surface area contributed by atoms with Gasteiger partial charge in [-0.3, -0.25) is 0 Å². The molecule has 1 aromatic heterocycles. The molecule has 1 saturated carbocycles. The molecule has 118 valence electrons. The highest BCUT2D eigenvalue weighted by molar-refractivity contribution is 5.69. The predicted octanol–water partition coefficient (Wildman–Crippen LogP) is 5.02. The number of hydrogen-bond acceptors (Lipinski definition) is 2. The molecule has 3 rings (SSSR count). The Labute approximate surface area is 133 Å². The molecule has 0 amide bonds. The molecule has 1 fully saturated rings. The number of ether oxygens (including phenoxy) is 1. The van der Waals surface area contributed by atoms with Gasteiger partial charge in [0.25, 0.3) is 0 Å². The molecule has 1 aromatic carbocycles. The van der Waals surface area contributed by atoms with E-state index in [1.807, 2.05) is 12.1 Å². The third kappa shape index (κ3) is 2.90. The van der Waals surface area contributed by atoms with Crippen LogP contribution in [0.25, 0.3) is 11.3 Å². The molecule has 3 heteroatoms. The van der Waals surface area contributed by atoms with Gasteiger partial charge in [-0.05, 0) is 37.8 Å². The van der Waals surface area contributed by atoms with E-state index in [9.17, 15) is 0 Å². The average Bonchev–Trinajstić information content (AvgIpc) is 3.21. The number of para-hydroxylation sites is 1. The Bertz CT molecular complexity index is 612. The van der Waals surface area contributed by atoms with Crippen LogP contribution in [0.3, 0.4) is 0 Å². The molecule has 1 heterocycles. The maximum absolute atomic E-state index is 5.54. The molecular weight excluding hydrogens is 272 g/mol. The van der Waals surface area contributed by atoms with E-state index in [2.05, 4.69) is 30.0 Å². The van der Waals surface area contributed by atoms with E-state index in [1.165, 1.54) is 44.2 Å². The van der Waals surface area contributed by atoms with Crippen LogP contribution < -0.4 is 4.74 Å². The second kappa shape index (κ2) is 6.99. The summed E-state index contributed by atoms with van der Waals surface area (Å²) in [6.45, 7) is 2.25. The van der Waals surface area contributed by atoms with Crippen molar-refractivity contribution in [3.05, 3.63) is 36.3 Å². The Balaban J connectivity index is 2.02. The number of nitrogens with zero attached hydrogens (tertiary/aromatic N) is 2. The summed E-state index contributed by atoms with van der Waals surface area (Å²) in [4.78, 5) is 4.78. The smallest absolute Gasteiger partial charge is 0.128 e. The molecule has 22 heavy (non-hydrogen) atoms. The highest BCUT2D eigenvalue weighted by Gasteiger charge is 2.23. The van der Waals surface area contributed by atoms with Crippen molar-refractivity contribution in [3.8, 4) is 17.0 Å². The number of rotatable bonds is 6. The molecule has 2 aromatic rings. The Morgan fingerprint density at radius 2 is 2.00 bits per heavy atom. The molecule has 0 atom stereocenters. The molecule has 0 aliphatic heterocycles. The van der Waals surface area contributed by atoms with Crippen molar-refractivity contribution in [2.75, 3.05) is 7.11 Å². The van der Waals surface area contributed by atoms with Gasteiger partial charge < -0.3 is 9.30 Å². The first-order valence-corrected chi connectivity index (χ1v) is 8.54. The molecular formula is C19H26N2O. The lowest BCUT2D eigenvalue weighted by molar-refractivity contribution is 0.416. The Morgan fingerprint density at radius 1 is 1.23 bits per heavy atom. The van der Waals surface area contributed by atoms with Crippen LogP contribution in [0, 0.1) is 0 Å². The fourth-order valence-electron chi connectivity index (χ4n) is 3.54. The highest BCUT2D eigenvalue weighted by atomic mass is 16.5. The van der Waals surface area contributed by atoms with Gasteiger partial charge in [0, 0.05) is 17.3 Å². The lowest BCUT2D eigenvalue weighted by Gasteiger charge is -2.16. The largest absolute Gasteiger partial charge is 0.496 e. The number of imidazole rings is 1. The normalized spacial score (nSPS) is 15.4. The van der Waals surface area contributed by atoms with E-state index < -0.39 is 0 Å². The molecule has 0 N–H and O–H groups in total. The summed E-state index contributed by atoms with van der Waals surface area (Å²) < 4.78 is 7.99. The van der Waals surface area contributed by atoms with Gasteiger partial charge in [0.05, 0.1) is 19.1 Å². The van der Waals surface area contributed by atoms with E-state index >= 15 is 0 Å². The standard InChI is InChI=1S/C19H26N2O/c1-3-4-12-17-19(16-11-7-8-13-18(16)22-2)20-14-21(17)15-9-5-6-10-15/h7-8,11,13-15H,3-6,9-10,12H2,1-2H3. The van der Waals surface area contributed by atoms with Crippen molar-refractivity contribution in [2.45, 2.75) is 57.9 Å². The number of methoxy groups -OCH3 is 1. The number of benzene rings is 1. The summed E-state index contributed by atoms with van der Waals surface area (Å²) >= 11 is 0. The van der Waals surface area contributed by atoms with Gasteiger partial charge in [-0.2, -0.15) is 0 Å². The summed E-state index contributed by atoms with van der Waals surface area (Å²) in [5.41, 5.74) is 3.61. The van der Waals surface area contributed by atoms with Gasteiger partial charge in [0.2, 0.25) is 0 Å². The van der Waals surface area contributed by atoms with Crippen LogP contribution in [0.2, 0.25) is 0 Å². The van der Waals surface area contributed by atoms with Crippen molar-refractivity contribution in [2.24, 2.45) is 0 Å². The van der Waals surface area contributed by atoms with E-state index in [-0.39, 0.29) is 0 Å². The maximum atomic E-state index is 5.54. The van der Waals surface area contributed by atoms with E-state index in [1.54, 1.807) is 7.11 Å². The van der Waals surface area contributed by atoms with Crippen LogP contribution in [0.4, 0.5) is 0 Å². The number of hydrogen-bond donors (Lipinski definition) is 0. The van der Waals surface area contributed by atoms with Crippen molar-refractivity contribution in [3.63, 3.8) is 0 Å². The number of aromatic nitrogens is 2. The van der Waals surface area contributed by atoms with E-state index in [0.29, 0.717) is 6.04 Å². The Kier molecular flexibility index (Phi) is 4.81. The quantitative estimate of drug-likeness (QED) is 0.749. The van der Waals surface area contributed by atoms with E-state index in [0.717, 1.165) is 23.4 Å². The average molecular weight is 298 g/mol. The fourth-order valence-corrected chi connectivity index (χ4v) is 3.54. The monoisotopic (exact) mass is 298 g/mol. The maximum Gasteiger partial charge on any atom is 0.128 e. The first-order chi connectivity index (χ1) is 10.8. The Morgan fingerprint density at radius 3 is 2.73 bits per heavy atom. The summed E-state index contributed by atoms with van der Waals surface area (Å²) in [7, 11) is 1.73. The second-order valence-corrected chi connectivity index (χ2v) is 6.19. The summed E-state index contributed by atoms with van der Waals surface area (Å²) in [6, 6.07) is 8.86. The summed E-state index contributed by atoms with van der Waals surface area (Å²) in [5, 5.41) is 0. The zero-order valence-electron chi connectivity index (χ0n) is 13.7. The molecule has 0 radical (unpaired) electrons. The van der Waals surface area contributed by atoms with Gasteiger partial charge in [-0.1, -0.05) is 38.3 Å². The second-order valence-electron chi connectivity index (χ2n) is 6.19. The minimum Gasteiger partial charge on any atom is -0.496 e. The van der Waals surface area contributed by atoms with Gasteiger partial charge in [0.1, 0.15) is 5.75 Å². The number of unbranched alkanes of at least 4 members (excludes halogenated alkanes) is 1. The van der Waals surface area contributed by atoms with Gasteiger partial charge >= 0.3 is 0 Å². The lowest BCUT2D eigenvalue weighted by atomic mass is 10.0. The van der Waals surface area contributed by atoms with Gasteiger partial charge in [-0.15, -0.1) is 0 Å². The summed E-state index contributed by atoms with van der Waals surface area (Å²) in [6.07, 6.45) is 10.9. The Hall–Kier alpha value is -1.77. The van der Waals surface area contributed by atoms with E-state index in [4.69, 9.17) is 9.72 Å². The highest BCUT2D eigenvalue weighted by Crippen LogP contribution is 2.36. The minimum absolute atomic E-state index is 0.641. The lowest BCUT2D eigenvalue weighted by Crippen LogP contribution is -2.08. The van der Waals surface area contributed by atoms with Crippen molar-refractivity contribution < 1.29 is 4.74 Å². The molecule has 3 nitrogen and oxygen atoms in total. The topological polar surface area (TPSA) is 27.1 Å². The first kappa shape index (κ1) is 15.1. The van der Waals surface area contributed by atoms with Crippen LogP contribution >= 0.6 is 0 Å². The molecule has 1 aliphatic carbocycles. The minimum atomic E-state index is 0.641. The third-order valence-electron chi connectivity index (χ3n) is 4.74. The zero-order valence-corrected chi connectivity index (χ0v) is 13.7. The van der Waals surface area contributed by atoms with Crippen LogP contribution in [-0.2, 0) is 6.42 Å². The van der Waals surface area contributed by atoms with Gasteiger partial charge in [-0.25, -0.2) is 4.98 Å². The SMILES string of the molecule is CCCCc1c(-c2ccccc2OC)ncn1C1CCCC1. The molecule has 1 aliphatic rings. The molecule has 0 bridgehead atoms. The predicted molar refractivity (Wildman–Crippen MR) is 90.3 cm³/mol. The molecule has 0 saturated heterocycles. The first-order valence-electron chi connectivity index (χ1n) is 8.54. The van der Waals surface area contributed by atoms with Crippen LogP contribution in [0.15, 0.2) is 30.6 Å². The van der Waals surface area contributed by atoms with Crippen LogP contribution in [-0.4, -0.2) is 16.7 Å². The van der Waals surface area contributed by atoms with Crippen molar-refractivity contribution in [1.29, 1.82) is 0 Å². The fraction of sp³-hybridized carbons (Fsp3) is 0.526. The van der Waals surface area contributed by atoms with Crippen LogP contribution in [0.5, 0.6) is 5.75 Å². The van der Waals surface area contributed by atoms with Crippen molar-refractivity contribution in [1.82, 2.24) is 9.55 Å². The van der Waals surface area contributed by atoms with Crippen LogP contribution in [0.1, 0.15) is 57.2 Å². The van der Waals surface area contributed by atoms with Crippen molar-refractivity contribution >= 4 is 0 Å². The summed E-state index contributed by atoms with van der Waals surface area (Å²) in [5.74, 6) is 0.914. The molecule has 0 spiro atoms. The van der Waals surface area contributed by atoms with Gasteiger partial charge in [0.15, 0.2) is 0 Å². The molecule has 0 unspecified atom stereocenters.